The van der Waals surface area contributed by atoms with Crippen LogP contribution in [0.3, 0.4) is 0 Å². The molecule has 8 aromatic rings. The molecule has 4 aliphatic rings. The van der Waals surface area contributed by atoms with Gasteiger partial charge in [0.25, 0.3) is 0 Å². The molecule has 622 valence electrons. The van der Waals surface area contributed by atoms with Crippen LogP contribution in [0.5, 0.6) is 5.88 Å². The Hall–Kier alpha value is -12.0. The number of rotatable bonds is 25. The molecule has 4 aromatic carbocycles. The fourth-order valence-electron chi connectivity index (χ4n) is 14.1. The molecule has 4 fully saturated rings. The van der Waals surface area contributed by atoms with E-state index < -0.39 is 5.95 Å². The normalized spacial score (nSPS) is 14.0. The van der Waals surface area contributed by atoms with Gasteiger partial charge in [-0.15, -0.1) is 0 Å². The van der Waals surface area contributed by atoms with Crippen molar-refractivity contribution in [1.29, 1.82) is 0 Å². The van der Waals surface area contributed by atoms with Gasteiger partial charge in [0.2, 0.25) is 59.1 Å². The van der Waals surface area contributed by atoms with Gasteiger partial charge in [0.05, 0.1) is 7.11 Å². The number of piperazine rings is 4. The summed E-state index contributed by atoms with van der Waals surface area (Å²) in [6, 6.07) is 46.9. The Kier molecular flexibility index (Phi) is 34.0. The first kappa shape index (κ1) is 88.9. The molecule has 0 aliphatic carbocycles. The van der Waals surface area contributed by atoms with E-state index in [1.165, 1.54) is 6.20 Å². The molecule has 0 bridgehead atoms. The number of hydrogen-bond donors (Lipinski definition) is 1. The number of hydrogen-bond acceptors (Lipinski definition) is 18. The maximum absolute atomic E-state index is 13.6. The van der Waals surface area contributed by atoms with Crippen molar-refractivity contribution in [3.05, 3.63) is 204 Å². The van der Waals surface area contributed by atoms with Gasteiger partial charge in [-0.25, -0.2) is 15.0 Å². The van der Waals surface area contributed by atoms with Gasteiger partial charge in [-0.1, -0.05) is 52.0 Å². The predicted octanol–water partition coefficient (Wildman–Crippen LogP) is 11.0. The highest BCUT2D eigenvalue weighted by atomic mass is 19.1. The molecule has 4 aromatic heterocycles. The van der Waals surface area contributed by atoms with E-state index in [0.29, 0.717) is 94.6 Å². The van der Waals surface area contributed by atoms with E-state index in [1.807, 2.05) is 176 Å². The molecule has 0 unspecified atom stereocenters. The number of pyridine rings is 4. The minimum atomic E-state index is -0.500. The third-order valence-corrected chi connectivity index (χ3v) is 21.8. The Morgan fingerprint density at radius 1 is 0.368 bits per heavy atom. The van der Waals surface area contributed by atoms with Gasteiger partial charge in [-0.05, 0) is 165 Å². The Morgan fingerprint density at radius 2 is 0.658 bits per heavy atom. The molecule has 8 heterocycles. The number of anilines is 9. The van der Waals surface area contributed by atoms with Crippen molar-refractivity contribution in [3.63, 3.8) is 0 Å². The van der Waals surface area contributed by atoms with Crippen molar-refractivity contribution in [3.8, 4) is 5.88 Å². The molecule has 0 spiro atoms. The highest BCUT2D eigenvalue weighted by molar-refractivity contribution is 5.95. The summed E-state index contributed by atoms with van der Waals surface area (Å²) in [6.45, 7) is 21.4. The van der Waals surface area contributed by atoms with Crippen LogP contribution in [0.15, 0.2) is 170 Å². The van der Waals surface area contributed by atoms with Crippen LogP contribution in [0, 0.1) is 12.9 Å². The third-order valence-electron chi connectivity index (χ3n) is 21.8. The molecular weight excluding hydrogens is 1480 g/mol. The van der Waals surface area contributed by atoms with Gasteiger partial charge >= 0.3 is 0 Å². The summed E-state index contributed by atoms with van der Waals surface area (Å²) in [4.78, 5) is 137. The van der Waals surface area contributed by atoms with Crippen LogP contribution in [-0.4, -0.2) is 227 Å². The number of aromatic nitrogens is 4. The van der Waals surface area contributed by atoms with Gasteiger partial charge < -0.3 is 69.3 Å². The van der Waals surface area contributed by atoms with Gasteiger partial charge in [0.1, 0.15) is 5.82 Å². The lowest BCUT2D eigenvalue weighted by Gasteiger charge is -2.36. The van der Waals surface area contributed by atoms with Crippen molar-refractivity contribution in [2.45, 2.75) is 112 Å². The first-order valence-corrected chi connectivity index (χ1v) is 40.7. The summed E-state index contributed by atoms with van der Waals surface area (Å²) in [7, 11) is 8.77. The summed E-state index contributed by atoms with van der Waals surface area (Å²) in [5.74, 6) is 1.56. The van der Waals surface area contributed by atoms with E-state index in [1.54, 1.807) is 85.5 Å². The monoisotopic (exact) mass is 1600 g/mol. The molecule has 27 heteroatoms. The van der Waals surface area contributed by atoms with E-state index in [4.69, 9.17) is 10.5 Å². The third kappa shape index (κ3) is 26.2. The quantitative estimate of drug-likeness (QED) is 0.0521. The lowest BCUT2D eigenvalue weighted by atomic mass is 10.1. The molecule has 117 heavy (non-hydrogen) atoms. The Morgan fingerprint density at radius 3 is 0.915 bits per heavy atom. The highest BCUT2D eigenvalue weighted by Crippen LogP contribution is 2.28. The van der Waals surface area contributed by atoms with E-state index in [-0.39, 0.29) is 53.7 Å². The number of halogens is 1. The van der Waals surface area contributed by atoms with Crippen LogP contribution in [0.4, 0.5) is 55.7 Å². The van der Waals surface area contributed by atoms with Gasteiger partial charge in [-0.2, -0.15) is 4.39 Å². The highest BCUT2D eigenvalue weighted by Gasteiger charge is 2.27. The van der Waals surface area contributed by atoms with Gasteiger partial charge in [0.15, 0.2) is 0 Å². The Bertz CT molecular complexity index is 4350. The van der Waals surface area contributed by atoms with Crippen LogP contribution >= 0.6 is 0 Å². The first-order valence-electron chi connectivity index (χ1n) is 40.7. The second-order valence-corrected chi connectivity index (χ2v) is 29.3. The Balaban J connectivity index is 0.000000178. The number of nitrogen functional groups attached to an aromatic ring is 1. The fraction of sp³-hybridized carbons (Fsp3) is 0.422. The number of aryl methyl sites for hydroxylation is 5. The lowest BCUT2D eigenvalue weighted by molar-refractivity contribution is -0.132. The van der Waals surface area contributed by atoms with E-state index in [0.717, 1.165) is 166 Å². The number of carbonyl (C=O) groups excluding carboxylic acids is 8. The smallest absolute Gasteiger partial charge is 0.226 e. The minimum absolute atomic E-state index is 0.0444. The van der Waals surface area contributed by atoms with Crippen molar-refractivity contribution in [2.75, 3.05) is 185 Å². The number of ether oxygens (including phenoxy) is 1. The van der Waals surface area contributed by atoms with Crippen molar-refractivity contribution >= 4 is 98.6 Å². The average Bonchev–Trinajstić information content (AvgIpc) is 0.845. The fourth-order valence-corrected chi connectivity index (χ4v) is 14.1. The number of nitrogens with two attached hydrogens (primary N) is 1. The van der Waals surface area contributed by atoms with Crippen LogP contribution in [-0.2, 0) is 64.0 Å². The molecule has 26 nitrogen and oxygen atoms in total. The lowest BCUT2D eigenvalue weighted by Crippen LogP contribution is -2.48. The van der Waals surface area contributed by atoms with Gasteiger partial charge in [0, 0.05) is 272 Å². The van der Waals surface area contributed by atoms with Crippen LogP contribution in [0.2, 0.25) is 0 Å². The molecule has 0 radical (unpaired) electrons. The number of carbonyl (C=O) groups is 8. The van der Waals surface area contributed by atoms with Crippen LogP contribution < -0.4 is 49.7 Å². The molecule has 8 amide bonds. The van der Waals surface area contributed by atoms with Crippen molar-refractivity contribution in [2.24, 2.45) is 0 Å². The topological polar surface area (TPSA) is 262 Å². The predicted molar refractivity (Wildman–Crippen MR) is 462 cm³/mol. The molecular formula is C90H116FN17O9. The zero-order valence-corrected chi connectivity index (χ0v) is 69.7. The standard InChI is InChI=1S/C23H30N4O3.C23H30N4O2.C22H27FN4O2.C22H29N5O2/c1-4-22(28)25(2)19-7-9-20(10-8-19)26-13-15-27(16-14-26)23(29)12-6-18-5-11-21(30-3)24-17-18;1-4-22(28)25(3)20-8-10-21(11-9-20)26-13-15-27(16-14-26)23(29)12-7-19-6-5-18(2)24-17-19;1-3-20(28)25(2)18-7-9-19(10-8-18)26-13-15-27(16-14-26)21(29)11-6-17-5-4-12-24-22(17)23;1-3-21(28)25(2)18-6-8-19(9-7-18)26-12-14-27(15-13-26)22(29)11-5-17-4-10-20(23)24-16-17/h5,7-11,17H,4,6,12-16H2,1-3H3;5-6,8-11,17H,4,7,12-16H2,1-3H3;4-5,7-10,12H,3,6,11,13-16H2,1-2H3;4,6-10,16H,3,5,11-15H2,1-2H3,(H2,23,24). The van der Waals surface area contributed by atoms with E-state index in [9.17, 15) is 42.7 Å². The molecule has 12 rings (SSSR count). The molecule has 0 saturated carbocycles. The summed E-state index contributed by atoms with van der Waals surface area (Å²) in [6.07, 6.45) is 12.9. The summed E-state index contributed by atoms with van der Waals surface area (Å²) >= 11 is 0. The minimum Gasteiger partial charge on any atom is -0.481 e. The molecule has 0 atom stereocenters. The summed E-state index contributed by atoms with van der Waals surface area (Å²) < 4.78 is 18.7. The molecule has 2 N–H and O–H groups in total. The maximum Gasteiger partial charge on any atom is 0.226 e. The number of amides is 8. The second-order valence-electron chi connectivity index (χ2n) is 29.3. The molecule has 4 aliphatic heterocycles. The van der Waals surface area contributed by atoms with Crippen molar-refractivity contribution in [1.82, 2.24) is 39.5 Å². The second kappa shape index (κ2) is 44.7. The van der Waals surface area contributed by atoms with E-state index >= 15 is 0 Å². The van der Waals surface area contributed by atoms with Crippen molar-refractivity contribution < 1.29 is 47.5 Å². The number of nitrogens with zero attached hydrogens (tertiary/aromatic N) is 16. The largest absolute Gasteiger partial charge is 0.481 e. The van der Waals surface area contributed by atoms with Crippen LogP contribution in [0.25, 0.3) is 0 Å². The summed E-state index contributed by atoms with van der Waals surface area (Å²) in [5, 5.41) is 0. The molecule has 4 saturated heterocycles. The first-order chi connectivity index (χ1) is 56.4. The summed E-state index contributed by atoms with van der Waals surface area (Å²) in [5.41, 5.74) is 18.2. The zero-order valence-electron chi connectivity index (χ0n) is 69.7. The van der Waals surface area contributed by atoms with E-state index in [2.05, 4.69) is 51.7 Å². The van der Waals surface area contributed by atoms with Gasteiger partial charge in [-0.3, -0.25) is 43.3 Å². The van der Waals surface area contributed by atoms with Crippen LogP contribution in [0.1, 0.15) is 107 Å². The number of benzene rings is 4. The number of methoxy groups -OCH3 is 1. The average molecular weight is 1600 g/mol. The zero-order chi connectivity index (χ0) is 83.9. The SMILES string of the molecule is CCC(=O)N(C)c1ccc(N2CCN(C(=O)CCc3ccc(C)nc3)CC2)cc1.CCC(=O)N(C)c1ccc(N2CCN(C(=O)CCc3ccc(N)nc3)CC2)cc1.CCC(=O)N(C)c1ccc(N2CCN(C(=O)CCc3ccc(OC)nc3)CC2)cc1.CCC(=O)N(C)c1ccc(N2CCN(C(=O)CCc3cccnc3F)CC2)cc1. The Labute approximate surface area is 689 Å². The maximum atomic E-state index is 13.6.